The Bertz CT molecular complexity index is 1340. The molecule has 4 aromatic rings. The van der Waals surface area contributed by atoms with Gasteiger partial charge in [-0.05, 0) is 42.3 Å². The number of aliphatic hydroxyl groups is 1. The lowest BCUT2D eigenvalue weighted by Crippen LogP contribution is -2.30. The number of pyridine rings is 1. The van der Waals surface area contributed by atoms with Crippen LogP contribution in [-0.4, -0.2) is 26.7 Å². The Morgan fingerprint density at radius 3 is 2.59 bits per heavy atom. The third-order valence-corrected chi connectivity index (χ3v) is 5.66. The fourth-order valence-corrected chi connectivity index (χ4v) is 4.15. The highest BCUT2D eigenvalue weighted by Crippen LogP contribution is 2.40. The van der Waals surface area contributed by atoms with Gasteiger partial charge in [0.1, 0.15) is 5.58 Å². The number of furan rings is 1. The topological polar surface area (TPSA) is 83.6 Å². The molecule has 2 aromatic carbocycles. The van der Waals surface area contributed by atoms with Gasteiger partial charge in [-0.25, -0.2) is 0 Å². The molecule has 32 heavy (non-hydrogen) atoms. The summed E-state index contributed by atoms with van der Waals surface area (Å²) in [7, 11) is 0. The van der Waals surface area contributed by atoms with Gasteiger partial charge >= 0.3 is 0 Å². The van der Waals surface area contributed by atoms with Crippen molar-refractivity contribution in [1.82, 2.24) is 9.88 Å². The number of benzene rings is 2. The Hall–Kier alpha value is -4.19. The summed E-state index contributed by atoms with van der Waals surface area (Å²) in [5.74, 6) is -1.55. The molecule has 6 heteroatoms. The average molecular weight is 424 g/mol. The summed E-state index contributed by atoms with van der Waals surface area (Å²) in [5, 5.41) is 11.6. The van der Waals surface area contributed by atoms with Crippen molar-refractivity contribution >= 4 is 22.7 Å². The molecule has 0 radical (unpaired) electrons. The van der Waals surface area contributed by atoms with Gasteiger partial charge in [-0.3, -0.25) is 14.6 Å². The van der Waals surface area contributed by atoms with E-state index in [0.717, 1.165) is 22.1 Å². The number of aromatic nitrogens is 1. The maximum absolute atomic E-state index is 13.5. The first-order valence-corrected chi connectivity index (χ1v) is 10.3. The second kappa shape index (κ2) is 7.81. The van der Waals surface area contributed by atoms with E-state index in [1.807, 2.05) is 49.4 Å². The number of nitrogens with zero attached hydrogens (tertiary/aromatic N) is 2. The zero-order valence-corrected chi connectivity index (χ0v) is 17.4. The Morgan fingerprint density at radius 2 is 1.84 bits per heavy atom. The molecule has 6 nitrogen and oxygen atoms in total. The third-order valence-electron chi connectivity index (χ3n) is 5.66. The highest BCUT2D eigenvalue weighted by molar-refractivity contribution is 6.16. The fraction of sp³-hybridized carbons (Fsp3) is 0.115. The van der Waals surface area contributed by atoms with Crippen molar-refractivity contribution in [3.8, 4) is 0 Å². The number of hydrogen-bond acceptors (Lipinski definition) is 5. The van der Waals surface area contributed by atoms with Crippen LogP contribution in [0.3, 0.4) is 0 Å². The van der Waals surface area contributed by atoms with Crippen molar-refractivity contribution in [2.45, 2.75) is 19.5 Å². The third kappa shape index (κ3) is 3.36. The standard InChI is InChI=1S/C26H20N2O4/c1-16-5-4-7-19(13-16)23-22(24(29)21-14-18-6-2-3-8-20(18)32-21)25(30)26(31)28(23)15-17-9-11-27-12-10-17/h2-14,23,30H,15H2,1H3. The lowest BCUT2D eigenvalue weighted by atomic mass is 9.94. The molecule has 1 atom stereocenters. The Labute approximate surface area is 184 Å². The summed E-state index contributed by atoms with van der Waals surface area (Å²) in [6.45, 7) is 2.17. The Kier molecular flexibility index (Phi) is 4.82. The van der Waals surface area contributed by atoms with Crippen molar-refractivity contribution in [3.63, 3.8) is 0 Å². The van der Waals surface area contributed by atoms with Crippen LogP contribution in [0.4, 0.5) is 0 Å². The van der Waals surface area contributed by atoms with Gasteiger partial charge in [0.05, 0.1) is 11.6 Å². The first-order valence-electron chi connectivity index (χ1n) is 10.3. The molecule has 0 aliphatic carbocycles. The van der Waals surface area contributed by atoms with E-state index >= 15 is 0 Å². The van der Waals surface area contributed by atoms with E-state index in [1.54, 1.807) is 36.7 Å². The maximum Gasteiger partial charge on any atom is 0.290 e. The molecule has 1 aliphatic heterocycles. The van der Waals surface area contributed by atoms with Gasteiger partial charge in [-0.15, -0.1) is 0 Å². The summed E-state index contributed by atoms with van der Waals surface area (Å²) >= 11 is 0. The summed E-state index contributed by atoms with van der Waals surface area (Å²) in [6.07, 6.45) is 3.29. The SMILES string of the molecule is Cc1cccc(C2C(C(=O)c3cc4ccccc4o3)=C(O)C(=O)N2Cc2ccncc2)c1. The summed E-state index contributed by atoms with van der Waals surface area (Å²) in [6, 6.07) is 19.4. The molecule has 158 valence electrons. The molecule has 1 N–H and O–H groups in total. The van der Waals surface area contributed by atoms with Crippen LogP contribution in [0, 0.1) is 6.92 Å². The van der Waals surface area contributed by atoms with Gasteiger partial charge in [-0.1, -0.05) is 48.0 Å². The number of carbonyl (C=O) groups excluding carboxylic acids is 2. The first kappa shape index (κ1) is 19.8. The lowest BCUT2D eigenvalue weighted by Gasteiger charge is -2.27. The number of ketones is 1. The van der Waals surface area contributed by atoms with Crippen LogP contribution in [-0.2, 0) is 11.3 Å². The zero-order valence-electron chi connectivity index (χ0n) is 17.4. The summed E-state index contributed by atoms with van der Waals surface area (Å²) < 4.78 is 5.75. The predicted molar refractivity (Wildman–Crippen MR) is 119 cm³/mol. The normalized spacial score (nSPS) is 16.2. The number of Topliss-reactive ketones (excluding diaryl/α,β-unsaturated/α-hetero) is 1. The molecule has 2 aromatic heterocycles. The molecule has 0 bridgehead atoms. The van der Waals surface area contributed by atoms with Crippen LogP contribution in [0.5, 0.6) is 0 Å². The second-order valence-corrected chi connectivity index (χ2v) is 7.85. The van der Waals surface area contributed by atoms with Crippen LogP contribution in [0.1, 0.15) is 33.3 Å². The molecule has 1 unspecified atom stereocenters. The average Bonchev–Trinajstić information content (AvgIpc) is 3.34. The zero-order chi connectivity index (χ0) is 22.2. The number of amides is 1. The van der Waals surface area contributed by atoms with Crippen molar-refractivity contribution in [1.29, 1.82) is 0 Å². The van der Waals surface area contributed by atoms with E-state index in [4.69, 9.17) is 4.42 Å². The van der Waals surface area contributed by atoms with Crippen LogP contribution in [0.25, 0.3) is 11.0 Å². The van der Waals surface area contributed by atoms with E-state index in [2.05, 4.69) is 4.98 Å². The Morgan fingerprint density at radius 1 is 1.06 bits per heavy atom. The van der Waals surface area contributed by atoms with Crippen LogP contribution in [0.2, 0.25) is 0 Å². The molecule has 5 rings (SSSR count). The molecule has 0 fully saturated rings. The first-order chi connectivity index (χ1) is 15.5. The van der Waals surface area contributed by atoms with E-state index in [9.17, 15) is 14.7 Å². The molecule has 0 saturated heterocycles. The fourth-order valence-electron chi connectivity index (χ4n) is 4.15. The van der Waals surface area contributed by atoms with Gasteiger partial charge in [0, 0.05) is 24.3 Å². The molecular formula is C26H20N2O4. The largest absolute Gasteiger partial charge is 0.503 e. The smallest absolute Gasteiger partial charge is 0.290 e. The van der Waals surface area contributed by atoms with Gasteiger partial charge in [0.15, 0.2) is 11.5 Å². The van der Waals surface area contributed by atoms with E-state index in [-0.39, 0.29) is 17.9 Å². The lowest BCUT2D eigenvalue weighted by molar-refractivity contribution is -0.130. The minimum absolute atomic E-state index is 0.0220. The number of hydrogen-bond donors (Lipinski definition) is 1. The van der Waals surface area contributed by atoms with Gasteiger partial charge in [-0.2, -0.15) is 0 Å². The van der Waals surface area contributed by atoms with Crippen molar-refractivity contribution in [2.24, 2.45) is 0 Å². The van der Waals surface area contributed by atoms with Crippen molar-refractivity contribution in [2.75, 3.05) is 0 Å². The maximum atomic E-state index is 13.5. The van der Waals surface area contributed by atoms with E-state index in [1.165, 1.54) is 4.90 Å². The highest BCUT2D eigenvalue weighted by Gasteiger charge is 2.44. The number of rotatable bonds is 5. The molecule has 1 aliphatic rings. The van der Waals surface area contributed by atoms with Crippen LogP contribution >= 0.6 is 0 Å². The number of para-hydroxylation sites is 1. The van der Waals surface area contributed by atoms with E-state index < -0.39 is 23.5 Å². The monoisotopic (exact) mass is 424 g/mol. The molecule has 3 heterocycles. The van der Waals surface area contributed by atoms with Gasteiger partial charge in [0.2, 0.25) is 5.78 Å². The molecule has 0 saturated carbocycles. The summed E-state index contributed by atoms with van der Waals surface area (Å²) in [4.78, 5) is 32.2. The van der Waals surface area contributed by atoms with E-state index in [0.29, 0.717) is 5.58 Å². The molecular weight excluding hydrogens is 404 g/mol. The molecule has 1 amide bonds. The van der Waals surface area contributed by atoms with Crippen molar-refractivity contribution in [3.05, 3.63) is 113 Å². The number of carbonyl (C=O) groups is 2. The number of fused-ring (bicyclic) bond motifs is 1. The highest BCUT2D eigenvalue weighted by atomic mass is 16.3. The Balaban J connectivity index is 1.61. The molecule has 0 spiro atoms. The van der Waals surface area contributed by atoms with Crippen LogP contribution in [0.15, 0.2) is 94.9 Å². The van der Waals surface area contributed by atoms with Crippen molar-refractivity contribution < 1.29 is 19.1 Å². The predicted octanol–water partition coefficient (Wildman–Crippen LogP) is 4.91. The number of aryl methyl sites for hydroxylation is 1. The van der Waals surface area contributed by atoms with Crippen LogP contribution < -0.4 is 0 Å². The summed E-state index contributed by atoms with van der Waals surface area (Å²) in [5.41, 5.74) is 3.17. The minimum Gasteiger partial charge on any atom is -0.503 e. The minimum atomic E-state index is -0.740. The second-order valence-electron chi connectivity index (χ2n) is 7.85. The van der Waals surface area contributed by atoms with Gasteiger partial charge in [0.25, 0.3) is 5.91 Å². The quantitative estimate of drug-likeness (QED) is 0.460. The number of aliphatic hydroxyl groups excluding tert-OH is 1. The van der Waals surface area contributed by atoms with Gasteiger partial charge < -0.3 is 14.4 Å².